The van der Waals surface area contributed by atoms with E-state index in [0.717, 1.165) is 11.3 Å². The summed E-state index contributed by atoms with van der Waals surface area (Å²) in [6.07, 6.45) is -0.272. The zero-order valence-corrected chi connectivity index (χ0v) is 19.4. The molecule has 4 rings (SSSR count). The smallest absolute Gasteiger partial charge is 0.238 e. The van der Waals surface area contributed by atoms with Crippen LogP contribution in [0.2, 0.25) is 0 Å². The molecule has 2 amide bonds. The standard InChI is InChI=1S/C21H22N4O3S3/c1-12-8-9-15(28-2)14(10-12)22-16(26)11-30-20-23-18-17(19(27)24-20)31-21(29)25(18)13-6-4-3-5-7-13/h3-10,17-18,20,23H,11H2,1-2H3,(H,22,26)(H,24,27). The summed E-state index contributed by atoms with van der Waals surface area (Å²) < 4.78 is 5.96. The van der Waals surface area contributed by atoms with Crippen molar-refractivity contribution in [2.45, 2.75) is 23.8 Å². The van der Waals surface area contributed by atoms with Gasteiger partial charge in [0.1, 0.15) is 27.0 Å². The Morgan fingerprint density at radius 2 is 2.06 bits per heavy atom. The first-order valence-electron chi connectivity index (χ1n) is 9.63. The Balaban J connectivity index is 1.40. The van der Waals surface area contributed by atoms with E-state index < -0.39 is 5.50 Å². The van der Waals surface area contributed by atoms with E-state index in [-0.39, 0.29) is 29.0 Å². The van der Waals surface area contributed by atoms with Crippen LogP contribution in [0.5, 0.6) is 5.75 Å². The van der Waals surface area contributed by atoms with Crippen molar-refractivity contribution in [1.82, 2.24) is 10.6 Å². The van der Waals surface area contributed by atoms with Crippen molar-refractivity contribution in [2.75, 3.05) is 23.1 Å². The molecular weight excluding hydrogens is 452 g/mol. The molecule has 10 heteroatoms. The molecule has 2 fully saturated rings. The molecule has 3 N–H and O–H groups in total. The van der Waals surface area contributed by atoms with Crippen LogP contribution < -0.4 is 25.6 Å². The lowest BCUT2D eigenvalue weighted by Crippen LogP contribution is -2.64. The number of nitrogens with one attached hydrogen (secondary N) is 3. The number of aryl methyl sites for hydroxylation is 1. The van der Waals surface area contributed by atoms with Crippen LogP contribution in [0.4, 0.5) is 11.4 Å². The van der Waals surface area contributed by atoms with E-state index in [0.29, 0.717) is 15.8 Å². The van der Waals surface area contributed by atoms with Crippen LogP contribution in [0, 0.1) is 6.92 Å². The quantitative estimate of drug-likeness (QED) is 0.552. The van der Waals surface area contributed by atoms with E-state index >= 15 is 0 Å². The van der Waals surface area contributed by atoms with Gasteiger partial charge in [-0.25, -0.2) is 0 Å². The highest BCUT2D eigenvalue weighted by Gasteiger charge is 2.47. The Morgan fingerprint density at radius 3 is 2.81 bits per heavy atom. The summed E-state index contributed by atoms with van der Waals surface area (Å²) in [4.78, 5) is 27.2. The molecule has 31 heavy (non-hydrogen) atoms. The lowest BCUT2D eigenvalue weighted by Gasteiger charge is -2.36. The van der Waals surface area contributed by atoms with Gasteiger partial charge in [0.2, 0.25) is 11.8 Å². The highest BCUT2D eigenvalue weighted by molar-refractivity contribution is 8.24. The van der Waals surface area contributed by atoms with Gasteiger partial charge in [-0.3, -0.25) is 14.9 Å². The second-order valence-corrected chi connectivity index (χ2v) is 9.94. The van der Waals surface area contributed by atoms with Crippen LogP contribution in [-0.4, -0.2) is 45.9 Å². The van der Waals surface area contributed by atoms with Crippen LogP contribution in [0.3, 0.4) is 0 Å². The number of methoxy groups -OCH3 is 1. The summed E-state index contributed by atoms with van der Waals surface area (Å²) in [5, 5.41) is 8.89. The molecule has 0 radical (unpaired) electrons. The molecule has 0 aliphatic carbocycles. The summed E-state index contributed by atoms with van der Waals surface area (Å²) >= 11 is 8.22. The molecule has 2 heterocycles. The number of nitrogens with zero attached hydrogens (tertiary/aromatic N) is 1. The fourth-order valence-electron chi connectivity index (χ4n) is 3.45. The first-order chi connectivity index (χ1) is 15.0. The number of carbonyl (C=O) groups excluding carboxylic acids is 2. The Bertz CT molecular complexity index is 1000. The maximum atomic E-state index is 12.7. The summed E-state index contributed by atoms with van der Waals surface area (Å²) in [5.74, 6) is 0.497. The van der Waals surface area contributed by atoms with Crippen LogP contribution in [0.25, 0.3) is 0 Å². The highest BCUT2D eigenvalue weighted by atomic mass is 32.2. The first-order valence-corrected chi connectivity index (χ1v) is 12.0. The third-order valence-electron chi connectivity index (χ3n) is 4.89. The Kier molecular flexibility index (Phi) is 6.71. The molecule has 2 aromatic rings. The van der Waals surface area contributed by atoms with Crippen LogP contribution in [0.1, 0.15) is 5.56 Å². The minimum absolute atomic E-state index is 0.0900. The second-order valence-electron chi connectivity index (χ2n) is 7.07. The number of hydrogen-bond donors (Lipinski definition) is 3. The molecular formula is C21H22N4O3S3. The fraction of sp³-hybridized carbons (Fsp3) is 0.286. The number of amides is 2. The summed E-state index contributed by atoms with van der Waals surface area (Å²) in [6, 6.07) is 15.4. The van der Waals surface area contributed by atoms with Gasteiger partial charge in [-0.15, -0.1) is 11.8 Å². The molecule has 162 valence electrons. The Hall–Kier alpha value is -2.27. The molecule has 0 bridgehead atoms. The van der Waals surface area contributed by atoms with E-state index in [2.05, 4.69) is 16.0 Å². The predicted octanol–water partition coefficient (Wildman–Crippen LogP) is 2.91. The van der Waals surface area contributed by atoms with Crippen LogP contribution >= 0.6 is 35.7 Å². The molecule has 7 nitrogen and oxygen atoms in total. The number of anilines is 2. The number of hydrogen-bond acceptors (Lipinski definition) is 7. The molecule has 2 aromatic carbocycles. The summed E-state index contributed by atoms with van der Waals surface area (Å²) in [7, 11) is 1.56. The minimum atomic E-state index is -0.411. The van der Waals surface area contributed by atoms with Crippen molar-refractivity contribution in [2.24, 2.45) is 0 Å². The van der Waals surface area contributed by atoms with E-state index in [1.54, 1.807) is 7.11 Å². The van der Waals surface area contributed by atoms with Gasteiger partial charge in [0.25, 0.3) is 0 Å². The maximum Gasteiger partial charge on any atom is 0.238 e. The van der Waals surface area contributed by atoms with Gasteiger partial charge in [0, 0.05) is 5.69 Å². The Labute approximate surface area is 194 Å². The lowest BCUT2D eigenvalue weighted by atomic mass is 10.2. The van der Waals surface area contributed by atoms with Crippen LogP contribution in [-0.2, 0) is 9.59 Å². The maximum absolute atomic E-state index is 12.7. The van der Waals surface area contributed by atoms with Gasteiger partial charge in [0.15, 0.2) is 0 Å². The van der Waals surface area contributed by atoms with Gasteiger partial charge >= 0.3 is 0 Å². The van der Waals surface area contributed by atoms with Crippen molar-refractivity contribution >= 4 is 63.3 Å². The summed E-state index contributed by atoms with van der Waals surface area (Å²) in [5.41, 5.74) is 2.17. The molecule has 0 saturated carbocycles. The molecule has 2 aliphatic rings. The van der Waals surface area contributed by atoms with E-state index in [9.17, 15) is 9.59 Å². The fourth-order valence-corrected chi connectivity index (χ4v) is 5.86. The SMILES string of the molecule is COc1ccc(C)cc1NC(=O)CSC1NC(=O)C2SC(=S)N(c3ccccc3)C2N1. The van der Waals surface area contributed by atoms with Crippen molar-refractivity contribution in [3.05, 3.63) is 54.1 Å². The van der Waals surface area contributed by atoms with Crippen LogP contribution in [0.15, 0.2) is 48.5 Å². The normalized spacial score (nSPS) is 22.6. The van der Waals surface area contributed by atoms with E-state index in [1.807, 2.05) is 60.4 Å². The lowest BCUT2D eigenvalue weighted by molar-refractivity contribution is -0.122. The third-order valence-corrected chi connectivity index (χ3v) is 7.51. The van der Waals surface area contributed by atoms with Gasteiger partial charge in [-0.2, -0.15) is 0 Å². The zero-order chi connectivity index (χ0) is 22.0. The third kappa shape index (κ3) is 4.82. The largest absolute Gasteiger partial charge is 0.495 e. The monoisotopic (exact) mass is 474 g/mol. The topological polar surface area (TPSA) is 82.7 Å². The van der Waals surface area contributed by atoms with Gasteiger partial charge in [-0.1, -0.05) is 48.2 Å². The average molecular weight is 475 g/mol. The minimum Gasteiger partial charge on any atom is -0.495 e. The van der Waals surface area contributed by atoms with Gasteiger partial charge in [-0.05, 0) is 36.8 Å². The molecule has 2 aliphatic heterocycles. The molecule has 3 atom stereocenters. The number of carbonyl (C=O) groups is 2. The van der Waals surface area contributed by atoms with Crippen molar-refractivity contribution in [1.29, 1.82) is 0 Å². The molecule has 0 aromatic heterocycles. The number of thioether (sulfide) groups is 2. The number of fused-ring (bicyclic) bond motifs is 1. The van der Waals surface area contributed by atoms with E-state index in [4.69, 9.17) is 17.0 Å². The highest BCUT2D eigenvalue weighted by Crippen LogP contribution is 2.37. The number of benzene rings is 2. The predicted molar refractivity (Wildman–Crippen MR) is 131 cm³/mol. The van der Waals surface area contributed by atoms with E-state index in [1.165, 1.54) is 23.5 Å². The summed E-state index contributed by atoms with van der Waals surface area (Å²) in [6.45, 7) is 1.95. The average Bonchev–Trinajstić information content (AvgIpc) is 3.09. The molecule has 2 saturated heterocycles. The second kappa shape index (κ2) is 9.47. The molecule has 3 unspecified atom stereocenters. The van der Waals surface area contributed by atoms with Crippen molar-refractivity contribution < 1.29 is 14.3 Å². The number of ether oxygens (including phenoxy) is 1. The van der Waals surface area contributed by atoms with Gasteiger partial charge < -0.3 is 20.3 Å². The number of thiocarbonyl (C=S) groups is 1. The van der Waals surface area contributed by atoms with Gasteiger partial charge in [0.05, 0.1) is 18.6 Å². The number of rotatable bonds is 6. The zero-order valence-electron chi connectivity index (χ0n) is 17.0. The number of para-hydroxylation sites is 1. The first kappa shape index (κ1) is 21.9. The van der Waals surface area contributed by atoms with Crippen molar-refractivity contribution in [3.8, 4) is 5.75 Å². The van der Waals surface area contributed by atoms with Crippen molar-refractivity contribution in [3.63, 3.8) is 0 Å². The molecule has 0 spiro atoms. The Morgan fingerprint density at radius 1 is 1.29 bits per heavy atom.